The highest BCUT2D eigenvalue weighted by Gasteiger charge is 2.18. The number of nitrogens with zero attached hydrogens (tertiary/aromatic N) is 4. The first-order chi connectivity index (χ1) is 13.4. The summed E-state index contributed by atoms with van der Waals surface area (Å²) in [6.45, 7) is 0.178. The fourth-order valence-electron chi connectivity index (χ4n) is 2.59. The van der Waals surface area contributed by atoms with Gasteiger partial charge in [0.15, 0.2) is 0 Å². The van der Waals surface area contributed by atoms with E-state index in [4.69, 9.17) is 0 Å². The summed E-state index contributed by atoms with van der Waals surface area (Å²) >= 11 is 3.45. The maximum atomic E-state index is 12.7. The molecule has 148 valence electrons. The zero-order chi connectivity index (χ0) is 20.3. The number of hydrogen-bond acceptors (Lipinski definition) is 4. The molecular weight excluding hydrogens is 436 g/mol. The van der Waals surface area contributed by atoms with E-state index < -0.39 is 6.61 Å². The number of aromatic nitrogens is 4. The summed E-state index contributed by atoms with van der Waals surface area (Å²) in [6.07, 6.45) is 1.86. The van der Waals surface area contributed by atoms with Crippen LogP contribution in [-0.2, 0) is 13.1 Å². The number of carbonyl (C=O) groups is 1. The third-order valence-corrected chi connectivity index (χ3v) is 4.69. The van der Waals surface area contributed by atoms with Crippen LogP contribution in [0, 0.1) is 0 Å². The summed E-state index contributed by atoms with van der Waals surface area (Å²) in [5.41, 5.74) is 2.27. The minimum absolute atomic E-state index is 0.0578. The molecule has 0 unspecified atom stereocenters. The van der Waals surface area contributed by atoms with Crippen LogP contribution in [-0.4, -0.2) is 44.4 Å². The number of ether oxygens (including phenoxy) is 1. The van der Waals surface area contributed by atoms with Gasteiger partial charge in [0.05, 0.1) is 22.4 Å². The molecule has 2 aromatic heterocycles. The van der Waals surface area contributed by atoms with Crippen LogP contribution < -0.4 is 4.74 Å². The third kappa shape index (κ3) is 4.56. The number of H-pyrrole nitrogens is 1. The van der Waals surface area contributed by atoms with E-state index in [-0.39, 0.29) is 11.7 Å². The van der Waals surface area contributed by atoms with Gasteiger partial charge in [-0.25, -0.2) is 0 Å². The number of nitrogens with one attached hydrogen (secondary N) is 1. The van der Waals surface area contributed by atoms with Crippen LogP contribution in [0.15, 0.2) is 41.0 Å². The highest BCUT2D eigenvalue weighted by molar-refractivity contribution is 9.10. The second-order valence-corrected chi connectivity index (χ2v) is 6.86. The van der Waals surface area contributed by atoms with E-state index >= 15 is 0 Å². The second-order valence-electron chi connectivity index (χ2n) is 6.01. The standard InChI is InChI=1S/C18H18BrF2N5O2/c1-3-26-9-13(19)16(24-26)10-25(2)17(27)15-8-14(22-23-15)11-4-6-12(7-5-11)28-18(20)21/h4-9,18H,3,10H2,1-2H3,(H,22,23). The number of aromatic amines is 1. The first kappa shape index (κ1) is 20.0. The zero-order valence-corrected chi connectivity index (χ0v) is 16.8. The number of rotatable bonds is 7. The van der Waals surface area contributed by atoms with Crippen LogP contribution >= 0.6 is 15.9 Å². The topological polar surface area (TPSA) is 76.0 Å². The van der Waals surface area contributed by atoms with Crippen molar-refractivity contribution in [3.05, 3.63) is 52.4 Å². The van der Waals surface area contributed by atoms with Gasteiger partial charge in [-0.1, -0.05) is 0 Å². The van der Waals surface area contributed by atoms with Gasteiger partial charge in [0, 0.05) is 25.4 Å². The van der Waals surface area contributed by atoms with Gasteiger partial charge >= 0.3 is 6.61 Å². The van der Waals surface area contributed by atoms with E-state index in [1.165, 1.54) is 17.0 Å². The summed E-state index contributed by atoms with van der Waals surface area (Å²) in [4.78, 5) is 14.2. The molecule has 0 saturated heterocycles. The van der Waals surface area contributed by atoms with E-state index in [2.05, 4.69) is 36.0 Å². The Balaban J connectivity index is 1.70. The molecule has 0 aliphatic rings. The van der Waals surface area contributed by atoms with Crippen molar-refractivity contribution in [2.75, 3.05) is 7.05 Å². The van der Waals surface area contributed by atoms with Crippen LogP contribution in [0.25, 0.3) is 11.3 Å². The molecule has 0 saturated carbocycles. The van der Waals surface area contributed by atoms with Gasteiger partial charge in [0.25, 0.3) is 5.91 Å². The van der Waals surface area contributed by atoms with E-state index in [0.29, 0.717) is 23.5 Å². The van der Waals surface area contributed by atoms with Gasteiger partial charge in [0.2, 0.25) is 0 Å². The Kier molecular flexibility index (Phi) is 6.08. The molecule has 28 heavy (non-hydrogen) atoms. The van der Waals surface area contributed by atoms with Crippen molar-refractivity contribution in [1.29, 1.82) is 0 Å². The van der Waals surface area contributed by atoms with Crippen LogP contribution in [0.1, 0.15) is 23.1 Å². The van der Waals surface area contributed by atoms with Gasteiger partial charge in [-0.3, -0.25) is 14.6 Å². The summed E-state index contributed by atoms with van der Waals surface area (Å²) in [7, 11) is 1.68. The zero-order valence-electron chi connectivity index (χ0n) is 15.2. The molecule has 0 spiro atoms. The number of amides is 1. The number of benzene rings is 1. The molecule has 1 N–H and O–H groups in total. The van der Waals surface area contributed by atoms with Gasteiger partial charge in [-0.2, -0.15) is 19.0 Å². The average Bonchev–Trinajstić information content (AvgIpc) is 3.28. The third-order valence-electron chi connectivity index (χ3n) is 4.03. The number of aryl methyl sites for hydroxylation is 1. The molecule has 0 radical (unpaired) electrons. The Morgan fingerprint density at radius 1 is 1.36 bits per heavy atom. The molecule has 0 fully saturated rings. The highest BCUT2D eigenvalue weighted by Crippen LogP contribution is 2.23. The maximum Gasteiger partial charge on any atom is 0.387 e. The Labute approximate surface area is 168 Å². The Morgan fingerprint density at radius 3 is 2.68 bits per heavy atom. The normalized spacial score (nSPS) is 11.1. The molecule has 3 aromatic rings. The lowest BCUT2D eigenvalue weighted by molar-refractivity contribution is -0.0498. The molecule has 0 aliphatic carbocycles. The van der Waals surface area contributed by atoms with Crippen molar-refractivity contribution in [2.45, 2.75) is 26.6 Å². The Morgan fingerprint density at radius 2 is 2.07 bits per heavy atom. The van der Waals surface area contributed by atoms with Crippen LogP contribution in [0.2, 0.25) is 0 Å². The molecule has 0 aliphatic heterocycles. The lowest BCUT2D eigenvalue weighted by Crippen LogP contribution is -2.27. The Hall–Kier alpha value is -2.75. The predicted octanol–water partition coefficient (Wildman–Crippen LogP) is 3.93. The minimum atomic E-state index is -2.88. The molecule has 1 aromatic carbocycles. The van der Waals surface area contributed by atoms with Crippen molar-refractivity contribution in [3.63, 3.8) is 0 Å². The van der Waals surface area contributed by atoms with Gasteiger partial charge in [-0.15, -0.1) is 0 Å². The summed E-state index contributed by atoms with van der Waals surface area (Å²) in [6, 6.07) is 7.65. The van der Waals surface area contributed by atoms with Crippen molar-refractivity contribution in [2.24, 2.45) is 0 Å². The van der Waals surface area contributed by atoms with Crippen LogP contribution in [0.5, 0.6) is 5.75 Å². The highest BCUT2D eigenvalue weighted by atomic mass is 79.9. The van der Waals surface area contributed by atoms with Crippen molar-refractivity contribution in [3.8, 4) is 17.0 Å². The van der Waals surface area contributed by atoms with E-state index in [1.54, 1.807) is 29.9 Å². The molecule has 0 atom stereocenters. The van der Waals surface area contributed by atoms with Crippen LogP contribution in [0.4, 0.5) is 8.78 Å². The number of alkyl halides is 2. The van der Waals surface area contributed by atoms with Crippen molar-refractivity contribution < 1.29 is 18.3 Å². The molecule has 0 bridgehead atoms. The second kappa shape index (κ2) is 8.51. The van der Waals surface area contributed by atoms with Gasteiger partial charge in [-0.05, 0) is 53.2 Å². The largest absolute Gasteiger partial charge is 0.435 e. The summed E-state index contributed by atoms with van der Waals surface area (Å²) in [5, 5.41) is 11.3. The predicted molar refractivity (Wildman–Crippen MR) is 102 cm³/mol. The minimum Gasteiger partial charge on any atom is -0.435 e. The molecular formula is C18H18BrF2N5O2. The smallest absolute Gasteiger partial charge is 0.387 e. The number of carbonyl (C=O) groups excluding carboxylic acids is 1. The first-order valence-corrected chi connectivity index (χ1v) is 9.24. The number of hydrogen-bond donors (Lipinski definition) is 1. The van der Waals surface area contributed by atoms with Gasteiger partial charge in [0.1, 0.15) is 11.4 Å². The molecule has 10 heteroatoms. The van der Waals surface area contributed by atoms with Crippen molar-refractivity contribution >= 4 is 21.8 Å². The summed E-state index contributed by atoms with van der Waals surface area (Å²) < 4.78 is 31.4. The first-order valence-electron chi connectivity index (χ1n) is 8.45. The van der Waals surface area contributed by atoms with Crippen LogP contribution in [0.3, 0.4) is 0 Å². The molecule has 7 nitrogen and oxygen atoms in total. The van der Waals surface area contributed by atoms with E-state index in [9.17, 15) is 13.6 Å². The monoisotopic (exact) mass is 453 g/mol. The average molecular weight is 454 g/mol. The lowest BCUT2D eigenvalue weighted by atomic mass is 10.1. The van der Waals surface area contributed by atoms with Crippen molar-refractivity contribution in [1.82, 2.24) is 24.9 Å². The SMILES string of the molecule is CCn1cc(Br)c(CN(C)C(=O)c2cc(-c3ccc(OC(F)F)cc3)n[nH]2)n1. The number of halogens is 3. The quantitative estimate of drug-likeness (QED) is 0.587. The molecule has 3 rings (SSSR count). The fourth-order valence-corrected chi connectivity index (χ4v) is 3.04. The summed E-state index contributed by atoms with van der Waals surface area (Å²) in [5.74, 6) is -0.184. The van der Waals surface area contributed by atoms with Gasteiger partial charge < -0.3 is 9.64 Å². The Bertz CT molecular complexity index is 955. The molecule has 1 amide bonds. The maximum absolute atomic E-state index is 12.7. The fraction of sp³-hybridized carbons (Fsp3) is 0.278. The lowest BCUT2D eigenvalue weighted by Gasteiger charge is -2.14. The van der Waals surface area contributed by atoms with E-state index in [1.807, 2.05) is 13.1 Å². The van der Waals surface area contributed by atoms with E-state index in [0.717, 1.165) is 16.7 Å². The molecule has 2 heterocycles.